The molecule has 5 aromatic rings. The van der Waals surface area contributed by atoms with Gasteiger partial charge in [-0.3, -0.25) is 9.71 Å². The summed E-state index contributed by atoms with van der Waals surface area (Å²) in [5, 5.41) is 2.07. The van der Waals surface area contributed by atoms with Gasteiger partial charge in [-0.1, -0.05) is 23.7 Å². The van der Waals surface area contributed by atoms with Gasteiger partial charge in [0.1, 0.15) is 23.6 Å². The summed E-state index contributed by atoms with van der Waals surface area (Å²) in [6, 6.07) is 19.4. The minimum atomic E-state index is -3.85. The lowest BCUT2D eigenvalue weighted by atomic mass is 9.98. The number of fused-ring (bicyclic) bond motifs is 1. The molecule has 37 heavy (non-hydrogen) atoms. The van der Waals surface area contributed by atoms with Gasteiger partial charge in [-0.25, -0.2) is 18.4 Å². The van der Waals surface area contributed by atoms with Crippen LogP contribution in [0.3, 0.4) is 0 Å². The highest BCUT2D eigenvalue weighted by Gasteiger charge is 2.18. The zero-order valence-corrected chi connectivity index (χ0v) is 21.4. The number of nitrogens with one attached hydrogen (secondary N) is 1. The molecule has 1 N–H and O–H groups in total. The van der Waals surface area contributed by atoms with Crippen molar-refractivity contribution < 1.29 is 17.9 Å². The number of nitrogens with zero attached hydrogens (tertiary/aromatic N) is 3. The molecule has 0 fully saturated rings. The van der Waals surface area contributed by atoms with Gasteiger partial charge in [-0.2, -0.15) is 0 Å². The van der Waals surface area contributed by atoms with Crippen molar-refractivity contribution in [2.24, 2.45) is 0 Å². The zero-order valence-electron chi connectivity index (χ0n) is 19.8. The fraction of sp³-hybridized carbons (Fsp3) is 0.0741. The molecule has 0 aliphatic heterocycles. The van der Waals surface area contributed by atoms with Gasteiger partial charge in [0.25, 0.3) is 10.0 Å². The number of benzene rings is 3. The molecule has 2 aromatic heterocycles. The molecule has 186 valence electrons. The van der Waals surface area contributed by atoms with E-state index in [1.807, 2.05) is 24.3 Å². The minimum Gasteiger partial charge on any atom is -0.496 e. The summed E-state index contributed by atoms with van der Waals surface area (Å²) < 4.78 is 39.5. The molecule has 8 nitrogen and oxygen atoms in total. The van der Waals surface area contributed by atoms with E-state index < -0.39 is 10.0 Å². The molecule has 0 saturated carbocycles. The number of methoxy groups -OCH3 is 2. The summed E-state index contributed by atoms with van der Waals surface area (Å²) in [6.07, 6.45) is 4.38. The highest BCUT2D eigenvalue weighted by molar-refractivity contribution is 7.92. The van der Waals surface area contributed by atoms with Gasteiger partial charge in [0, 0.05) is 33.9 Å². The normalized spacial score (nSPS) is 11.3. The van der Waals surface area contributed by atoms with E-state index in [9.17, 15) is 8.42 Å². The highest BCUT2D eigenvalue weighted by Crippen LogP contribution is 2.39. The predicted octanol–water partition coefficient (Wildman–Crippen LogP) is 5.83. The van der Waals surface area contributed by atoms with Crippen LogP contribution < -0.4 is 14.2 Å². The second-order valence-corrected chi connectivity index (χ2v) is 10.1. The number of sulfonamides is 1. The number of halogens is 1. The Morgan fingerprint density at radius 3 is 2.35 bits per heavy atom. The van der Waals surface area contributed by atoms with Crippen LogP contribution in [0.25, 0.3) is 33.2 Å². The van der Waals surface area contributed by atoms with Crippen molar-refractivity contribution in [2.75, 3.05) is 18.9 Å². The molecule has 2 heterocycles. The fourth-order valence-corrected chi connectivity index (χ4v) is 5.25. The average molecular weight is 533 g/mol. The van der Waals surface area contributed by atoms with Gasteiger partial charge < -0.3 is 9.47 Å². The van der Waals surface area contributed by atoms with Crippen LogP contribution in [0.2, 0.25) is 5.02 Å². The molecule has 3 aromatic carbocycles. The first-order valence-electron chi connectivity index (χ1n) is 11.1. The Bertz CT molecular complexity index is 1710. The largest absolute Gasteiger partial charge is 0.496 e. The van der Waals surface area contributed by atoms with Crippen LogP contribution >= 0.6 is 11.6 Å². The monoisotopic (exact) mass is 532 g/mol. The molecule has 0 unspecified atom stereocenters. The van der Waals surface area contributed by atoms with Crippen LogP contribution in [0.5, 0.6) is 11.5 Å². The molecule has 0 aliphatic rings. The first kappa shape index (κ1) is 24.5. The highest BCUT2D eigenvalue weighted by atomic mass is 35.5. The number of hydrogen-bond donors (Lipinski definition) is 1. The number of ether oxygens (including phenoxy) is 2. The van der Waals surface area contributed by atoms with E-state index in [0.29, 0.717) is 27.6 Å². The van der Waals surface area contributed by atoms with Gasteiger partial charge in [0.2, 0.25) is 0 Å². The van der Waals surface area contributed by atoms with E-state index in [0.717, 1.165) is 22.1 Å². The van der Waals surface area contributed by atoms with E-state index in [1.165, 1.54) is 24.7 Å². The zero-order chi connectivity index (χ0) is 26.0. The Hall–Kier alpha value is -4.21. The summed E-state index contributed by atoms with van der Waals surface area (Å²) in [7, 11) is -0.659. The Labute approximate surface area is 219 Å². The molecular weight excluding hydrogens is 512 g/mol. The van der Waals surface area contributed by atoms with E-state index in [4.69, 9.17) is 21.1 Å². The van der Waals surface area contributed by atoms with E-state index in [-0.39, 0.29) is 10.7 Å². The van der Waals surface area contributed by atoms with Crippen molar-refractivity contribution >= 4 is 38.2 Å². The third-order valence-electron chi connectivity index (χ3n) is 5.80. The molecule has 0 bridgehead atoms. The molecule has 0 amide bonds. The molecule has 0 atom stereocenters. The maximum Gasteiger partial charge on any atom is 0.263 e. The Morgan fingerprint density at radius 2 is 1.59 bits per heavy atom. The predicted molar refractivity (Wildman–Crippen MR) is 144 cm³/mol. The molecule has 0 aliphatic carbocycles. The van der Waals surface area contributed by atoms with Crippen molar-refractivity contribution in [3.8, 4) is 33.9 Å². The van der Waals surface area contributed by atoms with Crippen molar-refractivity contribution in [3.05, 3.63) is 90.5 Å². The van der Waals surface area contributed by atoms with Crippen LogP contribution in [0.4, 0.5) is 5.82 Å². The molecule has 0 saturated heterocycles. The lowest BCUT2D eigenvalue weighted by Gasteiger charge is -2.15. The third-order valence-corrected chi connectivity index (χ3v) is 7.39. The number of hydrogen-bond acceptors (Lipinski definition) is 7. The van der Waals surface area contributed by atoms with Crippen molar-refractivity contribution in [1.82, 2.24) is 15.0 Å². The van der Waals surface area contributed by atoms with Crippen molar-refractivity contribution in [3.63, 3.8) is 0 Å². The summed E-state index contributed by atoms with van der Waals surface area (Å²) in [4.78, 5) is 12.4. The average Bonchev–Trinajstić information content (AvgIpc) is 2.92. The molecule has 5 rings (SSSR count). The topological polar surface area (TPSA) is 103 Å². The Kier molecular flexibility index (Phi) is 6.64. The van der Waals surface area contributed by atoms with Crippen molar-refractivity contribution in [2.45, 2.75) is 4.90 Å². The summed E-state index contributed by atoms with van der Waals surface area (Å²) in [6.45, 7) is 0. The summed E-state index contributed by atoms with van der Waals surface area (Å²) >= 11 is 6.12. The second-order valence-electron chi connectivity index (χ2n) is 8.00. The standard InChI is InChI=1S/C27H21ClN4O4S/c1-35-24-14-17(21-7-4-19(28)15-25(21)36-2)3-6-23(24)27-22-8-5-20(13-18(22)9-12-30-27)37(33,34)32-26-10-11-29-16-31-26/h3-16H,1-2H3,(H,29,31,32). The number of rotatable bonds is 7. The number of anilines is 1. The minimum absolute atomic E-state index is 0.105. The van der Waals surface area contributed by atoms with Crippen LogP contribution in [-0.4, -0.2) is 37.6 Å². The first-order valence-corrected chi connectivity index (χ1v) is 13.0. The Balaban J connectivity index is 1.56. The third kappa shape index (κ3) is 4.91. The molecular formula is C27H21ClN4O4S. The summed E-state index contributed by atoms with van der Waals surface area (Å²) in [5.41, 5.74) is 3.18. The smallest absolute Gasteiger partial charge is 0.263 e. The van der Waals surface area contributed by atoms with Gasteiger partial charge >= 0.3 is 0 Å². The van der Waals surface area contributed by atoms with Gasteiger partial charge in [-0.15, -0.1) is 0 Å². The lowest BCUT2D eigenvalue weighted by molar-refractivity contribution is 0.414. The van der Waals surface area contributed by atoms with Gasteiger partial charge in [0.05, 0.1) is 24.8 Å². The Morgan fingerprint density at radius 1 is 0.811 bits per heavy atom. The lowest BCUT2D eigenvalue weighted by Crippen LogP contribution is -2.13. The van der Waals surface area contributed by atoms with E-state index in [1.54, 1.807) is 50.7 Å². The van der Waals surface area contributed by atoms with Gasteiger partial charge in [-0.05, 0) is 65.5 Å². The van der Waals surface area contributed by atoms with E-state index >= 15 is 0 Å². The van der Waals surface area contributed by atoms with Crippen LogP contribution in [-0.2, 0) is 10.0 Å². The maximum atomic E-state index is 12.9. The number of pyridine rings is 1. The molecule has 10 heteroatoms. The first-order chi connectivity index (χ1) is 17.9. The fourth-order valence-electron chi connectivity index (χ4n) is 4.04. The number of aromatic nitrogens is 3. The quantitative estimate of drug-likeness (QED) is 0.281. The molecule has 0 radical (unpaired) electrons. The second kappa shape index (κ2) is 10.0. The van der Waals surface area contributed by atoms with Crippen LogP contribution in [0.1, 0.15) is 0 Å². The van der Waals surface area contributed by atoms with Crippen LogP contribution in [0.15, 0.2) is 90.3 Å². The van der Waals surface area contributed by atoms with E-state index in [2.05, 4.69) is 19.7 Å². The van der Waals surface area contributed by atoms with Gasteiger partial charge in [0.15, 0.2) is 0 Å². The molecule has 0 spiro atoms. The SMILES string of the molecule is COc1cc(Cl)ccc1-c1ccc(-c2nccc3cc(S(=O)(=O)Nc4ccncn4)ccc23)c(OC)c1. The van der Waals surface area contributed by atoms with Crippen molar-refractivity contribution in [1.29, 1.82) is 0 Å². The summed E-state index contributed by atoms with van der Waals surface area (Å²) in [5.74, 6) is 1.44. The maximum absolute atomic E-state index is 12.9. The van der Waals surface area contributed by atoms with Crippen LogP contribution in [0, 0.1) is 0 Å².